The Bertz CT molecular complexity index is 984. The summed E-state index contributed by atoms with van der Waals surface area (Å²) in [5, 5.41) is 16.7. The van der Waals surface area contributed by atoms with Crippen molar-refractivity contribution < 1.29 is 18.7 Å². The van der Waals surface area contributed by atoms with E-state index in [1.54, 1.807) is 30.3 Å². The van der Waals surface area contributed by atoms with Crippen molar-refractivity contribution >= 4 is 17.6 Å². The van der Waals surface area contributed by atoms with Gasteiger partial charge in [0.2, 0.25) is 5.91 Å². The zero-order chi connectivity index (χ0) is 19.7. The summed E-state index contributed by atoms with van der Waals surface area (Å²) in [4.78, 5) is 24.6. The van der Waals surface area contributed by atoms with E-state index in [1.165, 1.54) is 6.07 Å². The molecule has 1 fully saturated rings. The second-order valence-corrected chi connectivity index (χ2v) is 6.70. The standard InChI is InChI=1S/C20H17FN4O3/c21-16-8-17-12(5-6-28-17)7-14(16)15-10-23-19(26)18(15)25-20(27)24-13-3-1-11(9-22)2-4-13/h1-4,7-8,15,18H,5-6,10H2,(H,23,26)(H2,24,25,27). The molecule has 0 bridgehead atoms. The molecule has 2 aliphatic rings. The van der Waals surface area contributed by atoms with Crippen molar-refractivity contribution in [2.24, 2.45) is 0 Å². The zero-order valence-electron chi connectivity index (χ0n) is 14.8. The van der Waals surface area contributed by atoms with Crippen molar-refractivity contribution in [3.05, 3.63) is 58.9 Å². The molecule has 8 heteroatoms. The first-order chi connectivity index (χ1) is 13.5. The van der Waals surface area contributed by atoms with Crippen molar-refractivity contribution in [1.29, 1.82) is 5.26 Å². The molecule has 0 saturated carbocycles. The first kappa shape index (κ1) is 17.8. The predicted molar refractivity (Wildman–Crippen MR) is 98.4 cm³/mol. The van der Waals surface area contributed by atoms with E-state index >= 15 is 0 Å². The normalized spacial score (nSPS) is 19.9. The number of rotatable bonds is 3. The molecular weight excluding hydrogens is 363 g/mol. The largest absolute Gasteiger partial charge is 0.493 e. The number of fused-ring (bicyclic) bond motifs is 1. The number of ether oxygens (including phenoxy) is 1. The van der Waals surface area contributed by atoms with Crippen LogP contribution in [0.1, 0.15) is 22.6 Å². The minimum atomic E-state index is -0.895. The molecule has 2 aromatic rings. The third kappa shape index (κ3) is 3.34. The number of nitriles is 1. The lowest BCUT2D eigenvalue weighted by Gasteiger charge is -2.20. The number of benzene rings is 2. The molecule has 0 aliphatic carbocycles. The van der Waals surface area contributed by atoms with Crippen LogP contribution in [0.15, 0.2) is 36.4 Å². The van der Waals surface area contributed by atoms with Gasteiger partial charge in [0.25, 0.3) is 0 Å². The Hall–Kier alpha value is -3.60. The number of anilines is 1. The van der Waals surface area contributed by atoms with Gasteiger partial charge in [0, 0.05) is 30.6 Å². The van der Waals surface area contributed by atoms with Gasteiger partial charge in [0.1, 0.15) is 17.6 Å². The Labute approximate surface area is 160 Å². The van der Waals surface area contributed by atoms with Crippen molar-refractivity contribution in [2.45, 2.75) is 18.4 Å². The summed E-state index contributed by atoms with van der Waals surface area (Å²) < 4.78 is 19.9. The average Bonchev–Trinajstić information content (AvgIpc) is 3.28. The molecule has 28 heavy (non-hydrogen) atoms. The molecule has 2 aromatic carbocycles. The minimum absolute atomic E-state index is 0.233. The van der Waals surface area contributed by atoms with E-state index in [-0.39, 0.29) is 12.5 Å². The SMILES string of the molecule is N#Cc1ccc(NC(=O)NC2C(=O)NCC2c2cc3c(cc2F)OCC3)cc1. The van der Waals surface area contributed by atoms with Gasteiger partial charge in [-0.15, -0.1) is 0 Å². The van der Waals surface area contributed by atoms with Crippen LogP contribution in [-0.4, -0.2) is 31.1 Å². The summed E-state index contributed by atoms with van der Waals surface area (Å²) in [7, 11) is 0. The molecule has 142 valence electrons. The van der Waals surface area contributed by atoms with Gasteiger partial charge in [-0.2, -0.15) is 5.26 Å². The number of hydrogen-bond donors (Lipinski definition) is 3. The molecule has 3 N–H and O–H groups in total. The number of hydrogen-bond acceptors (Lipinski definition) is 4. The van der Waals surface area contributed by atoms with Crippen molar-refractivity contribution in [3.63, 3.8) is 0 Å². The summed E-state index contributed by atoms with van der Waals surface area (Å²) in [5.41, 5.74) is 2.23. The second kappa shape index (κ2) is 7.19. The predicted octanol–water partition coefficient (Wildman–Crippen LogP) is 2.04. The van der Waals surface area contributed by atoms with E-state index in [0.717, 1.165) is 5.56 Å². The number of carbonyl (C=O) groups excluding carboxylic acids is 2. The Morgan fingerprint density at radius 2 is 2.07 bits per heavy atom. The lowest BCUT2D eigenvalue weighted by molar-refractivity contribution is -0.120. The van der Waals surface area contributed by atoms with Crippen LogP contribution in [0.4, 0.5) is 14.9 Å². The van der Waals surface area contributed by atoms with E-state index < -0.39 is 23.8 Å². The maximum absolute atomic E-state index is 14.6. The van der Waals surface area contributed by atoms with Crippen LogP contribution in [0.3, 0.4) is 0 Å². The van der Waals surface area contributed by atoms with Gasteiger partial charge in [-0.05, 0) is 41.5 Å². The molecule has 7 nitrogen and oxygen atoms in total. The van der Waals surface area contributed by atoms with Gasteiger partial charge in [-0.25, -0.2) is 9.18 Å². The smallest absolute Gasteiger partial charge is 0.319 e. The van der Waals surface area contributed by atoms with Gasteiger partial charge in [0.05, 0.1) is 18.2 Å². The molecule has 4 rings (SSSR count). The highest BCUT2D eigenvalue weighted by Gasteiger charge is 2.39. The van der Waals surface area contributed by atoms with Gasteiger partial charge >= 0.3 is 6.03 Å². The Morgan fingerprint density at radius 1 is 1.29 bits per heavy atom. The topological polar surface area (TPSA) is 103 Å². The average molecular weight is 380 g/mol. The van der Waals surface area contributed by atoms with Crippen LogP contribution in [0, 0.1) is 17.1 Å². The van der Waals surface area contributed by atoms with E-state index in [0.29, 0.717) is 35.6 Å². The first-order valence-corrected chi connectivity index (χ1v) is 8.85. The highest BCUT2D eigenvalue weighted by molar-refractivity contribution is 5.95. The summed E-state index contributed by atoms with van der Waals surface area (Å²) in [6.45, 7) is 0.742. The fourth-order valence-electron chi connectivity index (χ4n) is 3.52. The van der Waals surface area contributed by atoms with Crippen molar-refractivity contribution in [3.8, 4) is 11.8 Å². The van der Waals surface area contributed by atoms with Crippen LogP contribution >= 0.6 is 0 Å². The molecule has 0 aromatic heterocycles. The fraction of sp³-hybridized carbons (Fsp3) is 0.250. The second-order valence-electron chi connectivity index (χ2n) is 6.70. The summed E-state index contributed by atoms with van der Waals surface area (Å²) in [5.74, 6) is -0.815. The maximum Gasteiger partial charge on any atom is 0.319 e. The van der Waals surface area contributed by atoms with Gasteiger partial charge in [-0.3, -0.25) is 4.79 Å². The summed E-state index contributed by atoms with van der Waals surface area (Å²) in [6, 6.07) is 9.90. The van der Waals surface area contributed by atoms with Crippen LogP contribution in [0.5, 0.6) is 5.75 Å². The van der Waals surface area contributed by atoms with Crippen LogP contribution in [0.25, 0.3) is 0 Å². The Morgan fingerprint density at radius 3 is 2.82 bits per heavy atom. The number of carbonyl (C=O) groups is 2. The number of halogens is 1. The lowest BCUT2D eigenvalue weighted by Crippen LogP contribution is -2.44. The quantitative estimate of drug-likeness (QED) is 0.758. The molecule has 0 spiro atoms. The molecule has 2 aliphatic heterocycles. The summed E-state index contributed by atoms with van der Waals surface area (Å²) in [6.07, 6.45) is 0.688. The third-order valence-electron chi connectivity index (χ3n) is 4.95. The van der Waals surface area contributed by atoms with Gasteiger partial charge in [0.15, 0.2) is 0 Å². The van der Waals surface area contributed by atoms with Crippen LogP contribution in [-0.2, 0) is 11.2 Å². The third-order valence-corrected chi connectivity index (χ3v) is 4.95. The molecule has 2 unspecified atom stereocenters. The Kier molecular flexibility index (Phi) is 4.57. The molecule has 1 saturated heterocycles. The van der Waals surface area contributed by atoms with Gasteiger partial charge < -0.3 is 20.7 Å². The molecule has 2 atom stereocenters. The maximum atomic E-state index is 14.6. The summed E-state index contributed by atoms with van der Waals surface area (Å²) >= 11 is 0. The zero-order valence-corrected chi connectivity index (χ0v) is 14.8. The molecular formula is C20H17FN4O3. The highest BCUT2D eigenvalue weighted by atomic mass is 19.1. The molecule has 2 heterocycles. The minimum Gasteiger partial charge on any atom is -0.493 e. The first-order valence-electron chi connectivity index (χ1n) is 8.85. The lowest BCUT2D eigenvalue weighted by atomic mass is 9.91. The fourth-order valence-corrected chi connectivity index (χ4v) is 3.52. The van der Waals surface area contributed by atoms with E-state index in [4.69, 9.17) is 10.00 Å². The van der Waals surface area contributed by atoms with E-state index in [1.807, 2.05) is 6.07 Å². The number of amides is 3. The molecule has 0 radical (unpaired) electrons. The number of nitrogens with zero attached hydrogens (tertiary/aromatic N) is 1. The monoisotopic (exact) mass is 380 g/mol. The Balaban J connectivity index is 1.50. The highest BCUT2D eigenvalue weighted by Crippen LogP contribution is 2.34. The van der Waals surface area contributed by atoms with Crippen LogP contribution < -0.4 is 20.7 Å². The van der Waals surface area contributed by atoms with Crippen LogP contribution in [0.2, 0.25) is 0 Å². The number of nitrogens with one attached hydrogen (secondary N) is 3. The van der Waals surface area contributed by atoms with E-state index in [9.17, 15) is 14.0 Å². The number of urea groups is 1. The van der Waals surface area contributed by atoms with Crippen molar-refractivity contribution in [2.75, 3.05) is 18.5 Å². The van der Waals surface area contributed by atoms with Gasteiger partial charge in [-0.1, -0.05) is 0 Å². The molecule has 3 amide bonds. The van der Waals surface area contributed by atoms with E-state index in [2.05, 4.69) is 16.0 Å². The van der Waals surface area contributed by atoms with Crippen molar-refractivity contribution in [1.82, 2.24) is 10.6 Å².